The van der Waals surface area contributed by atoms with Gasteiger partial charge in [-0.2, -0.15) is 5.10 Å². The number of H-pyrrole nitrogens is 1. The Kier molecular flexibility index (Phi) is 3.92. The summed E-state index contributed by atoms with van der Waals surface area (Å²) in [4.78, 5) is 11.3. The topological polar surface area (TPSA) is 69.8 Å². The van der Waals surface area contributed by atoms with E-state index in [0.717, 1.165) is 13.1 Å². The van der Waals surface area contributed by atoms with Gasteiger partial charge in [0.2, 0.25) is 0 Å². The molecule has 1 aromatic heterocycles. The van der Waals surface area contributed by atoms with Gasteiger partial charge in [-0.3, -0.25) is 4.79 Å². The van der Waals surface area contributed by atoms with Crippen LogP contribution >= 0.6 is 11.6 Å². The third-order valence-corrected chi connectivity index (χ3v) is 4.00. The molecule has 6 heteroatoms. The zero-order valence-electron chi connectivity index (χ0n) is 10.7. The molecule has 3 N–H and O–H groups in total. The zero-order chi connectivity index (χ0) is 13.2. The van der Waals surface area contributed by atoms with Gasteiger partial charge in [0, 0.05) is 12.6 Å². The zero-order valence-corrected chi connectivity index (χ0v) is 11.5. The lowest BCUT2D eigenvalue weighted by Crippen LogP contribution is -2.50. The molecule has 0 aliphatic carbocycles. The van der Waals surface area contributed by atoms with Crippen LogP contribution in [0.3, 0.4) is 0 Å². The van der Waals surface area contributed by atoms with E-state index in [0.29, 0.717) is 11.7 Å². The van der Waals surface area contributed by atoms with Gasteiger partial charge in [0.15, 0.2) is 0 Å². The second-order valence-electron chi connectivity index (χ2n) is 5.41. The van der Waals surface area contributed by atoms with Gasteiger partial charge >= 0.3 is 0 Å². The molecule has 2 heterocycles. The first kappa shape index (κ1) is 13.4. The first-order valence-electron chi connectivity index (χ1n) is 6.21. The van der Waals surface area contributed by atoms with Crippen LogP contribution in [0.4, 0.5) is 5.69 Å². The van der Waals surface area contributed by atoms with Crippen molar-refractivity contribution in [1.29, 1.82) is 0 Å². The summed E-state index contributed by atoms with van der Waals surface area (Å²) < 4.78 is 0. The average molecular weight is 271 g/mol. The number of aromatic amines is 1. The van der Waals surface area contributed by atoms with E-state index in [-0.39, 0.29) is 16.0 Å². The number of aromatic nitrogens is 2. The van der Waals surface area contributed by atoms with E-state index in [1.165, 1.54) is 12.8 Å². The smallest absolute Gasteiger partial charge is 0.285 e. The lowest BCUT2D eigenvalue weighted by atomic mass is 9.77. The van der Waals surface area contributed by atoms with E-state index in [9.17, 15) is 4.79 Å². The number of hydrogen-bond acceptors (Lipinski definition) is 4. The van der Waals surface area contributed by atoms with Crippen molar-refractivity contribution in [1.82, 2.24) is 15.5 Å². The molecule has 0 saturated carbocycles. The average Bonchev–Trinajstić information content (AvgIpc) is 2.32. The lowest BCUT2D eigenvalue weighted by Gasteiger charge is -2.39. The molecule has 1 atom stereocenters. The maximum absolute atomic E-state index is 11.3. The van der Waals surface area contributed by atoms with E-state index in [1.54, 1.807) is 6.20 Å². The van der Waals surface area contributed by atoms with Crippen LogP contribution in [0.5, 0.6) is 0 Å². The molecule has 1 unspecified atom stereocenters. The quantitative estimate of drug-likeness (QED) is 0.781. The van der Waals surface area contributed by atoms with Gasteiger partial charge in [-0.1, -0.05) is 25.4 Å². The number of nitrogens with zero attached hydrogens (tertiary/aromatic N) is 1. The van der Waals surface area contributed by atoms with E-state index in [1.807, 2.05) is 0 Å². The van der Waals surface area contributed by atoms with Crippen LogP contribution in [0.2, 0.25) is 5.02 Å². The standard InChI is InChI=1S/C12H19ClN4O/c1-12(2)4-3-5-14-9(12)7-15-8-6-16-17-11(18)10(8)13/h6,9,14H,3-5,7H2,1-2H3,(H2,15,17,18). The summed E-state index contributed by atoms with van der Waals surface area (Å²) in [5.41, 5.74) is 0.466. The monoisotopic (exact) mass is 270 g/mol. The molecule has 2 rings (SSSR count). The molecule has 0 radical (unpaired) electrons. The highest BCUT2D eigenvalue weighted by atomic mass is 35.5. The summed E-state index contributed by atoms with van der Waals surface area (Å²) in [7, 11) is 0. The minimum atomic E-state index is -0.363. The minimum absolute atomic E-state index is 0.165. The van der Waals surface area contributed by atoms with Crippen LogP contribution < -0.4 is 16.2 Å². The molecule has 100 valence electrons. The number of anilines is 1. The van der Waals surface area contributed by atoms with Crippen LogP contribution in [0.1, 0.15) is 26.7 Å². The van der Waals surface area contributed by atoms with Crippen LogP contribution in [0.25, 0.3) is 0 Å². The molecule has 18 heavy (non-hydrogen) atoms. The molecular formula is C12H19ClN4O. The molecule has 0 amide bonds. The van der Waals surface area contributed by atoms with Crippen molar-refractivity contribution in [2.45, 2.75) is 32.7 Å². The molecule has 1 saturated heterocycles. The van der Waals surface area contributed by atoms with Crippen molar-refractivity contribution in [2.24, 2.45) is 5.41 Å². The Balaban J connectivity index is 2.03. The predicted octanol–water partition coefficient (Wildman–Crippen LogP) is 1.61. The van der Waals surface area contributed by atoms with Crippen molar-refractivity contribution >= 4 is 17.3 Å². The Hall–Kier alpha value is -1.07. The van der Waals surface area contributed by atoms with Gasteiger partial charge < -0.3 is 10.6 Å². The molecule has 1 aromatic rings. The van der Waals surface area contributed by atoms with Gasteiger partial charge in [-0.05, 0) is 24.8 Å². The summed E-state index contributed by atoms with van der Waals surface area (Å²) in [6, 6.07) is 0.363. The number of halogens is 1. The summed E-state index contributed by atoms with van der Waals surface area (Å²) in [6.07, 6.45) is 3.95. The van der Waals surface area contributed by atoms with E-state index < -0.39 is 0 Å². The molecule has 1 fully saturated rings. The SMILES string of the molecule is CC1(C)CCCNC1CNc1cn[nH]c(=O)c1Cl. The maximum atomic E-state index is 11.3. The van der Waals surface area contributed by atoms with Gasteiger partial charge in [-0.25, -0.2) is 5.10 Å². The molecule has 5 nitrogen and oxygen atoms in total. The van der Waals surface area contributed by atoms with Crippen LogP contribution in [0, 0.1) is 5.41 Å². The highest BCUT2D eigenvalue weighted by Crippen LogP contribution is 2.30. The first-order valence-corrected chi connectivity index (χ1v) is 6.59. The Morgan fingerprint density at radius 2 is 2.39 bits per heavy atom. The second-order valence-corrected chi connectivity index (χ2v) is 5.78. The number of nitrogens with one attached hydrogen (secondary N) is 3. The van der Waals surface area contributed by atoms with E-state index >= 15 is 0 Å². The van der Waals surface area contributed by atoms with Crippen molar-refractivity contribution < 1.29 is 0 Å². The van der Waals surface area contributed by atoms with Crippen molar-refractivity contribution in [3.05, 3.63) is 21.6 Å². The molecule has 0 aromatic carbocycles. The van der Waals surface area contributed by atoms with Crippen molar-refractivity contribution in [3.63, 3.8) is 0 Å². The fourth-order valence-electron chi connectivity index (χ4n) is 2.34. The fraction of sp³-hybridized carbons (Fsp3) is 0.667. The van der Waals surface area contributed by atoms with E-state index in [2.05, 4.69) is 34.7 Å². The molecule has 0 bridgehead atoms. The van der Waals surface area contributed by atoms with Gasteiger partial charge in [0.1, 0.15) is 5.02 Å². The normalized spacial score (nSPS) is 22.7. The second kappa shape index (κ2) is 5.28. The molecular weight excluding hydrogens is 252 g/mol. The largest absolute Gasteiger partial charge is 0.381 e. The van der Waals surface area contributed by atoms with Gasteiger partial charge in [-0.15, -0.1) is 0 Å². The number of hydrogen-bond donors (Lipinski definition) is 3. The maximum Gasteiger partial charge on any atom is 0.285 e. The fourth-order valence-corrected chi connectivity index (χ4v) is 2.50. The third-order valence-electron chi connectivity index (χ3n) is 3.62. The van der Waals surface area contributed by atoms with E-state index in [4.69, 9.17) is 11.6 Å². The van der Waals surface area contributed by atoms with Crippen LogP contribution in [0.15, 0.2) is 11.0 Å². The van der Waals surface area contributed by atoms with Crippen molar-refractivity contribution in [2.75, 3.05) is 18.4 Å². The lowest BCUT2D eigenvalue weighted by molar-refractivity contribution is 0.188. The molecule has 1 aliphatic rings. The third kappa shape index (κ3) is 2.84. The van der Waals surface area contributed by atoms with Crippen LogP contribution in [-0.2, 0) is 0 Å². The molecule has 1 aliphatic heterocycles. The Bertz CT molecular complexity index is 471. The first-order chi connectivity index (χ1) is 8.50. The minimum Gasteiger partial charge on any atom is -0.381 e. The highest BCUT2D eigenvalue weighted by Gasteiger charge is 2.31. The summed E-state index contributed by atoms with van der Waals surface area (Å²) in [5.74, 6) is 0. The summed E-state index contributed by atoms with van der Waals surface area (Å²) >= 11 is 5.92. The summed E-state index contributed by atoms with van der Waals surface area (Å²) in [5, 5.41) is 12.9. The summed E-state index contributed by atoms with van der Waals surface area (Å²) in [6.45, 7) is 6.28. The number of rotatable bonds is 3. The predicted molar refractivity (Wildman–Crippen MR) is 73.2 cm³/mol. The van der Waals surface area contributed by atoms with Crippen molar-refractivity contribution in [3.8, 4) is 0 Å². The Morgan fingerprint density at radius 3 is 3.11 bits per heavy atom. The van der Waals surface area contributed by atoms with Gasteiger partial charge in [0.25, 0.3) is 5.56 Å². The molecule has 0 spiro atoms. The Morgan fingerprint density at radius 1 is 1.61 bits per heavy atom. The van der Waals surface area contributed by atoms with Gasteiger partial charge in [0.05, 0.1) is 11.9 Å². The highest BCUT2D eigenvalue weighted by molar-refractivity contribution is 6.32. The van der Waals surface area contributed by atoms with Crippen LogP contribution in [-0.4, -0.2) is 29.3 Å². The number of piperidine rings is 1. The Labute approximate surface area is 111 Å².